The lowest BCUT2D eigenvalue weighted by atomic mass is 10.0. The van der Waals surface area contributed by atoms with Gasteiger partial charge in [0.15, 0.2) is 15.3 Å². The number of hydrogen-bond donors (Lipinski definition) is 0. The van der Waals surface area contributed by atoms with Crippen molar-refractivity contribution >= 4 is 15.8 Å². The molecule has 1 saturated carbocycles. The molecule has 2 aromatic rings. The lowest BCUT2D eigenvalue weighted by Gasteiger charge is -2.09. The zero-order valence-electron chi connectivity index (χ0n) is 14.8. The Hall–Kier alpha value is -2.72. The molecule has 0 N–H and O–H groups in total. The fraction of sp³-hybridized carbons (Fsp3) is 0.300. The summed E-state index contributed by atoms with van der Waals surface area (Å²) in [7, 11) is -4.02. The van der Waals surface area contributed by atoms with E-state index in [-0.39, 0.29) is 17.1 Å². The van der Waals surface area contributed by atoms with Crippen LogP contribution in [-0.2, 0) is 19.4 Å². The quantitative estimate of drug-likeness (QED) is 0.736. The van der Waals surface area contributed by atoms with Gasteiger partial charge in [0.2, 0.25) is 0 Å². The largest absolute Gasteiger partial charge is 0.465 e. The van der Waals surface area contributed by atoms with E-state index in [4.69, 9.17) is 4.74 Å². The summed E-state index contributed by atoms with van der Waals surface area (Å²) in [6, 6.07) is 13.3. The number of nitrogens with zero attached hydrogens (tertiary/aromatic N) is 1. The lowest BCUT2D eigenvalue weighted by molar-refractivity contribution is -0.147. The maximum Gasteiger partial charge on any atom is 0.328 e. The van der Waals surface area contributed by atoms with Crippen LogP contribution in [0.4, 0.5) is 4.39 Å². The monoisotopic (exact) mass is 387 g/mol. The second-order valence-corrected chi connectivity index (χ2v) is 8.58. The number of aryl methyl sites for hydroxylation is 1. The van der Waals surface area contributed by atoms with E-state index < -0.39 is 38.2 Å². The average molecular weight is 387 g/mol. The number of sulfone groups is 1. The maximum atomic E-state index is 13.7. The van der Waals surface area contributed by atoms with Crippen LogP contribution in [0, 0.1) is 29.5 Å². The number of hydrogen-bond acceptors (Lipinski definition) is 5. The van der Waals surface area contributed by atoms with Gasteiger partial charge in [-0.3, -0.25) is 4.79 Å². The van der Waals surface area contributed by atoms with Gasteiger partial charge in [-0.25, -0.2) is 12.8 Å². The van der Waals surface area contributed by atoms with Crippen LogP contribution < -0.4 is 0 Å². The molecule has 140 valence electrons. The molecule has 0 spiro atoms. The summed E-state index contributed by atoms with van der Waals surface area (Å²) in [6.45, 7) is 3.41. The Bertz CT molecular complexity index is 1030. The smallest absolute Gasteiger partial charge is 0.328 e. The molecule has 1 fully saturated rings. The van der Waals surface area contributed by atoms with Gasteiger partial charge in [0.25, 0.3) is 0 Å². The fourth-order valence-electron chi connectivity index (χ4n) is 3.46. The highest BCUT2D eigenvalue weighted by molar-refractivity contribution is 7.92. The second kappa shape index (κ2) is 6.78. The van der Waals surface area contributed by atoms with E-state index in [0.29, 0.717) is 0 Å². The number of benzene rings is 2. The molecule has 5 nitrogen and oxygen atoms in total. The summed E-state index contributed by atoms with van der Waals surface area (Å²) in [5, 5.41) is 8.44. The maximum absolute atomic E-state index is 13.7. The normalized spacial score (nSPS) is 24.1. The summed E-state index contributed by atoms with van der Waals surface area (Å²) in [6.07, 6.45) is 0. The molecular formula is C20H18FNO4S. The molecule has 0 bridgehead atoms. The number of esters is 1. The third kappa shape index (κ3) is 3.00. The molecule has 0 unspecified atom stereocenters. The molecule has 3 atom stereocenters. The molecule has 27 heavy (non-hydrogen) atoms. The fourth-order valence-corrected chi connectivity index (χ4v) is 5.71. The van der Waals surface area contributed by atoms with Crippen LogP contribution in [0.3, 0.4) is 0 Å². The number of ether oxygens (including phenoxy) is 1. The van der Waals surface area contributed by atoms with Crippen molar-refractivity contribution in [3.63, 3.8) is 0 Å². The average Bonchev–Trinajstić information content (AvgIpc) is 3.34. The highest BCUT2D eigenvalue weighted by Crippen LogP contribution is 2.64. The van der Waals surface area contributed by atoms with Gasteiger partial charge < -0.3 is 4.74 Å². The van der Waals surface area contributed by atoms with Crippen LogP contribution in [0.1, 0.15) is 24.0 Å². The first-order chi connectivity index (χ1) is 12.8. The zero-order valence-corrected chi connectivity index (χ0v) is 15.7. The topological polar surface area (TPSA) is 84.2 Å². The van der Waals surface area contributed by atoms with E-state index in [0.717, 1.165) is 11.6 Å². The molecular weight excluding hydrogens is 369 g/mol. The van der Waals surface area contributed by atoms with E-state index in [2.05, 4.69) is 0 Å². The molecule has 0 aliphatic heterocycles. The van der Waals surface area contributed by atoms with Crippen molar-refractivity contribution in [2.75, 3.05) is 6.61 Å². The lowest BCUT2D eigenvalue weighted by Crippen LogP contribution is -2.25. The van der Waals surface area contributed by atoms with Gasteiger partial charge in [-0.15, -0.1) is 0 Å². The SMILES string of the molecule is CCOC(=O)[C@@]1(C#N)[C@@H](c2cccc(F)c2)[C@@H]1S(=O)(=O)c1ccc(C)cc1. The number of nitriles is 1. The van der Waals surface area contributed by atoms with Crippen LogP contribution >= 0.6 is 0 Å². The van der Waals surface area contributed by atoms with Crippen molar-refractivity contribution in [1.29, 1.82) is 5.26 Å². The van der Waals surface area contributed by atoms with Gasteiger partial charge in [-0.05, 0) is 43.7 Å². The van der Waals surface area contributed by atoms with Gasteiger partial charge in [0.1, 0.15) is 11.1 Å². The minimum atomic E-state index is -4.02. The van der Waals surface area contributed by atoms with Crippen LogP contribution in [0.15, 0.2) is 53.4 Å². The summed E-state index contributed by atoms with van der Waals surface area (Å²) in [5.74, 6) is -2.47. The van der Waals surface area contributed by atoms with Crippen LogP contribution in [0.25, 0.3) is 0 Å². The van der Waals surface area contributed by atoms with Gasteiger partial charge >= 0.3 is 5.97 Å². The first kappa shape index (κ1) is 19.1. The summed E-state index contributed by atoms with van der Waals surface area (Å²) in [5.41, 5.74) is -0.735. The van der Waals surface area contributed by atoms with Crippen molar-refractivity contribution < 1.29 is 22.3 Å². The Labute approximate surface area is 157 Å². The van der Waals surface area contributed by atoms with Gasteiger partial charge in [-0.1, -0.05) is 29.8 Å². The van der Waals surface area contributed by atoms with Crippen molar-refractivity contribution in [1.82, 2.24) is 0 Å². The Morgan fingerprint density at radius 3 is 2.48 bits per heavy atom. The molecule has 0 heterocycles. The first-order valence-electron chi connectivity index (χ1n) is 8.43. The minimum Gasteiger partial charge on any atom is -0.465 e. The molecule has 0 saturated heterocycles. The molecule has 2 aromatic carbocycles. The molecule has 1 aliphatic carbocycles. The molecule has 1 aliphatic rings. The molecule has 3 rings (SSSR count). The minimum absolute atomic E-state index is 0.00936. The third-order valence-electron chi connectivity index (χ3n) is 4.82. The van der Waals surface area contributed by atoms with Crippen LogP contribution in [0.2, 0.25) is 0 Å². The number of halogens is 1. The number of rotatable bonds is 5. The van der Waals surface area contributed by atoms with Crippen LogP contribution in [0.5, 0.6) is 0 Å². The molecule has 0 radical (unpaired) electrons. The summed E-state index contributed by atoms with van der Waals surface area (Å²) >= 11 is 0. The Morgan fingerprint density at radius 1 is 1.26 bits per heavy atom. The van der Waals surface area contributed by atoms with Crippen molar-refractivity contribution in [2.24, 2.45) is 5.41 Å². The van der Waals surface area contributed by atoms with E-state index in [1.165, 1.54) is 30.3 Å². The highest BCUT2D eigenvalue weighted by atomic mass is 32.2. The van der Waals surface area contributed by atoms with E-state index in [9.17, 15) is 22.9 Å². The zero-order chi connectivity index (χ0) is 19.8. The van der Waals surface area contributed by atoms with E-state index >= 15 is 0 Å². The van der Waals surface area contributed by atoms with Crippen LogP contribution in [-0.4, -0.2) is 26.2 Å². The molecule has 7 heteroatoms. The van der Waals surface area contributed by atoms with Crippen molar-refractivity contribution in [2.45, 2.75) is 29.9 Å². The van der Waals surface area contributed by atoms with Gasteiger partial charge in [0.05, 0.1) is 17.6 Å². The second-order valence-electron chi connectivity index (χ2n) is 6.51. The summed E-state index contributed by atoms with van der Waals surface area (Å²) < 4.78 is 45.1. The van der Waals surface area contributed by atoms with Crippen molar-refractivity contribution in [3.8, 4) is 6.07 Å². The molecule has 0 amide bonds. The Kier molecular flexibility index (Phi) is 4.79. The third-order valence-corrected chi connectivity index (χ3v) is 7.06. The Balaban J connectivity index is 2.14. The predicted octanol–water partition coefficient (Wildman–Crippen LogP) is 3.15. The van der Waals surface area contributed by atoms with Crippen molar-refractivity contribution in [3.05, 3.63) is 65.5 Å². The van der Waals surface area contributed by atoms with Gasteiger partial charge in [-0.2, -0.15) is 5.26 Å². The summed E-state index contributed by atoms with van der Waals surface area (Å²) in [4.78, 5) is 12.6. The van der Waals surface area contributed by atoms with E-state index in [1.54, 1.807) is 19.1 Å². The number of carbonyl (C=O) groups is 1. The first-order valence-corrected chi connectivity index (χ1v) is 9.98. The van der Waals surface area contributed by atoms with E-state index in [1.807, 2.05) is 13.0 Å². The molecule has 0 aromatic heterocycles. The predicted molar refractivity (Wildman–Crippen MR) is 96.0 cm³/mol. The highest BCUT2D eigenvalue weighted by Gasteiger charge is 2.77. The Morgan fingerprint density at radius 2 is 1.93 bits per heavy atom. The van der Waals surface area contributed by atoms with Gasteiger partial charge in [0, 0.05) is 5.92 Å². The number of carbonyl (C=O) groups excluding carboxylic acids is 1. The standard InChI is InChI=1S/C20H18FNO4S/c1-3-26-19(23)20(12-22)17(14-5-4-6-15(21)11-14)18(20)27(24,25)16-9-7-13(2)8-10-16/h4-11,17-18H,3H2,1-2H3/t17-,18-,20-/m0/s1.